The van der Waals surface area contributed by atoms with E-state index in [-0.39, 0.29) is 23.8 Å². The van der Waals surface area contributed by atoms with Crippen LogP contribution in [0, 0.1) is 0 Å². The summed E-state index contributed by atoms with van der Waals surface area (Å²) in [4.78, 5) is 12.2. The standard InChI is InChI=1S/C17H21NO4S2/c1-12(2)24(21,22)15-5-3-13(4-6-15)9-17(20)18-10-16(19)14-7-8-23-11-14/h3-8,11-12,16,19H,9-10H2,1-2H3,(H,18,20). The topological polar surface area (TPSA) is 83.5 Å². The fourth-order valence-electron chi connectivity index (χ4n) is 2.11. The maximum absolute atomic E-state index is 12.0. The smallest absolute Gasteiger partial charge is 0.224 e. The molecule has 0 aliphatic heterocycles. The van der Waals surface area contributed by atoms with Crippen LogP contribution in [0.4, 0.5) is 0 Å². The van der Waals surface area contributed by atoms with E-state index in [1.807, 2.05) is 16.8 Å². The summed E-state index contributed by atoms with van der Waals surface area (Å²) in [7, 11) is -3.30. The van der Waals surface area contributed by atoms with Crippen LogP contribution in [0.1, 0.15) is 31.1 Å². The SMILES string of the molecule is CC(C)S(=O)(=O)c1ccc(CC(=O)NCC(O)c2ccsc2)cc1. The Morgan fingerprint density at radius 1 is 1.21 bits per heavy atom. The quantitative estimate of drug-likeness (QED) is 0.787. The Kier molecular flexibility index (Phi) is 6.15. The molecule has 1 amide bonds. The van der Waals surface area contributed by atoms with Gasteiger partial charge in [0.15, 0.2) is 9.84 Å². The molecule has 0 saturated heterocycles. The van der Waals surface area contributed by atoms with Gasteiger partial charge in [-0.3, -0.25) is 4.79 Å². The summed E-state index contributed by atoms with van der Waals surface area (Å²) in [5, 5.41) is 15.8. The van der Waals surface area contributed by atoms with Gasteiger partial charge in [-0.25, -0.2) is 8.42 Å². The second-order valence-corrected chi connectivity index (χ2v) is 9.08. The first-order valence-electron chi connectivity index (χ1n) is 7.60. The maximum Gasteiger partial charge on any atom is 0.224 e. The number of hydrogen-bond acceptors (Lipinski definition) is 5. The third-order valence-electron chi connectivity index (χ3n) is 3.66. The number of carbonyl (C=O) groups excluding carboxylic acids is 1. The van der Waals surface area contributed by atoms with Crippen LogP contribution in [-0.2, 0) is 21.1 Å². The van der Waals surface area contributed by atoms with Crippen molar-refractivity contribution in [3.05, 3.63) is 52.2 Å². The van der Waals surface area contributed by atoms with Gasteiger partial charge in [0.1, 0.15) is 0 Å². The van der Waals surface area contributed by atoms with Gasteiger partial charge in [0.25, 0.3) is 0 Å². The van der Waals surface area contributed by atoms with Crippen molar-refractivity contribution in [2.24, 2.45) is 0 Å². The van der Waals surface area contributed by atoms with Gasteiger partial charge in [-0.15, -0.1) is 0 Å². The number of carbonyl (C=O) groups is 1. The highest BCUT2D eigenvalue weighted by Crippen LogP contribution is 2.17. The molecule has 1 heterocycles. The molecule has 0 aliphatic rings. The zero-order chi connectivity index (χ0) is 17.7. The minimum absolute atomic E-state index is 0.137. The summed E-state index contributed by atoms with van der Waals surface area (Å²) in [5.41, 5.74) is 1.50. The number of thiophene rings is 1. The summed E-state index contributed by atoms with van der Waals surface area (Å²) >= 11 is 1.49. The second kappa shape index (κ2) is 7.92. The van der Waals surface area contributed by atoms with Crippen molar-refractivity contribution in [1.29, 1.82) is 0 Å². The Labute approximate surface area is 146 Å². The fourth-order valence-corrected chi connectivity index (χ4v) is 3.88. The molecule has 0 saturated carbocycles. The van der Waals surface area contributed by atoms with Gasteiger partial charge in [0, 0.05) is 6.54 Å². The first kappa shape index (κ1) is 18.6. The number of aliphatic hydroxyl groups excluding tert-OH is 1. The number of nitrogens with one attached hydrogen (secondary N) is 1. The molecule has 130 valence electrons. The lowest BCUT2D eigenvalue weighted by Gasteiger charge is -2.11. The highest BCUT2D eigenvalue weighted by Gasteiger charge is 2.19. The van der Waals surface area contributed by atoms with Crippen molar-refractivity contribution in [2.75, 3.05) is 6.54 Å². The number of benzene rings is 1. The molecular formula is C17H21NO4S2. The molecule has 1 aromatic carbocycles. The lowest BCUT2D eigenvalue weighted by molar-refractivity contribution is -0.120. The van der Waals surface area contributed by atoms with Crippen molar-refractivity contribution < 1.29 is 18.3 Å². The van der Waals surface area contributed by atoms with Crippen LogP contribution in [0.5, 0.6) is 0 Å². The number of sulfone groups is 1. The molecule has 0 spiro atoms. The van der Waals surface area contributed by atoms with E-state index in [4.69, 9.17) is 0 Å². The first-order chi connectivity index (χ1) is 11.3. The van der Waals surface area contributed by atoms with Crippen LogP contribution in [0.2, 0.25) is 0 Å². The van der Waals surface area contributed by atoms with E-state index >= 15 is 0 Å². The zero-order valence-electron chi connectivity index (χ0n) is 13.6. The Balaban J connectivity index is 1.90. The van der Waals surface area contributed by atoms with Gasteiger partial charge < -0.3 is 10.4 Å². The second-order valence-electron chi connectivity index (χ2n) is 5.79. The summed E-state index contributed by atoms with van der Waals surface area (Å²) in [6.07, 6.45) is -0.586. The van der Waals surface area contributed by atoms with Crippen molar-refractivity contribution in [3.63, 3.8) is 0 Å². The molecule has 1 unspecified atom stereocenters. The largest absolute Gasteiger partial charge is 0.387 e. The minimum Gasteiger partial charge on any atom is -0.387 e. The summed E-state index contributed by atoms with van der Waals surface area (Å²) in [6.45, 7) is 3.42. The van der Waals surface area contributed by atoms with Crippen molar-refractivity contribution in [2.45, 2.75) is 36.5 Å². The molecule has 5 nitrogen and oxygen atoms in total. The monoisotopic (exact) mass is 367 g/mol. The van der Waals surface area contributed by atoms with Crippen molar-refractivity contribution >= 4 is 27.1 Å². The van der Waals surface area contributed by atoms with E-state index < -0.39 is 21.2 Å². The molecule has 7 heteroatoms. The van der Waals surface area contributed by atoms with Crippen LogP contribution >= 0.6 is 11.3 Å². The van der Waals surface area contributed by atoms with Crippen LogP contribution in [0.25, 0.3) is 0 Å². The highest BCUT2D eigenvalue weighted by atomic mass is 32.2. The summed E-state index contributed by atoms with van der Waals surface area (Å²) in [5.74, 6) is -0.219. The summed E-state index contributed by atoms with van der Waals surface area (Å²) < 4.78 is 24.1. The van der Waals surface area contributed by atoms with Crippen LogP contribution in [0.15, 0.2) is 46.0 Å². The summed E-state index contributed by atoms with van der Waals surface area (Å²) in [6, 6.07) is 8.15. The Bertz CT molecular complexity index is 765. The molecule has 0 fully saturated rings. The third-order valence-corrected chi connectivity index (χ3v) is 6.53. The molecule has 1 atom stereocenters. The lowest BCUT2D eigenvalue weighted by Crippen LogP contribution is -2.29. The maximum atomic E-state index is 12.0. The van der Waals surface area contributed by atoms with E-state index in [9.17, 15) is 18.3 Å². The molecule has 0 aliphatic carbocycles. The molecule has 0 bridgehead atoms. The number of rotatable bonds is 7. The Morgan fingerprint density at radius 2 is 1.88 bits per heavy atom. The molecule has 0 radical (unpaired) electrons. The predicted molar refractivity (Wildman–Crippen MR) is 94.8 cm³/mol. The number of hydrogen-bond donors (Lipinski definition) is 2. The highest BCUT2D eigenvalue weighted by molar-refractivity contribution is 7.92. The lowest BCUT2D eigenvalue weighted by atomic mass is 10.1. The third kappa shape index (κ3) is 4.66. The Morgan fingerprint density at radius 3 is 2.42 bits per heavy atom. The van der Waals surface area contributed by atoms with Gasteiger partial charge in [0.05, 0.1) is 22.7 Å². The first-order valence-corrected chi connectivity index (χ1v) is 10.1. The van der Waals surface area contributed by atoms with Gasteiger partial charge >= 0.3 is 0 Å². The predicted octanol–water partition coefficient (Wildman–Crippen LogP) is 2.32. The molecule has 24 heavy (non-hydrogen) atoms. The van der Waals surface area contributed by atoms with Crippen LogP contribution in [-0.4, -0.2) is 31.2 Å². The molecule has 2 rings (SSSR count). The van der Waals surface area contributed by atoms with Crippen LogP contribution in [0.3, 0.4) is 0 Å². The van der Waals surface area contributed by atoms with E-state index in [0.29, 0.717) is 0 Å². The molecule has 1 aromatic heterocycles. The minimum atomic E-state index is -3.30. The van der Waals surface area contributed by atoms with E-state index in [1.165, 1.54) is 23.5 Å². The van der Waals surface area contributed by atoms with Gasteiger partial charge in [-0.2, -0.15) is 11.3 Å². The molecule has 2 N–H and O–H groups in total. The number of amides is 1. The van der Waals surface area contributed by atoms with Crippen LogP contribution < -0.4 is 5.32 Å². The van der Waals surface area contributed by atoms with Crippen molar-refractivity contribution in [1.82, 2.24) is 5.32 Å². The van der Waals surface area contributed by atoms with Crippen molar-refractivity contribution in [3.8, 4) is 0 Å². The van der Waals surface area contributed by atoms with Gasteiger partial charge in [0.2, 0.25) is 5.91 Å². The molecule has 2 aromatic rings. The zero-order valence-corrected chi connectivity index (χ0v) is 15.2. The Hall–Kier alpha value is -1.70. The fraction of sp³-hybridized carbons (Fsp3) is 0.353. The average molecular weight is 367 g/mol. The number of aliphatic hydroxyl groups is 1. The van der Waals surface area contributed by atoms with Gasteiger partial charge in [-0.05, 0) is 53.9 Å². The van der Waals surface area contributed by atoms with E-state index in [1.54, 1.807) is 26.0 Å². The van der Waals surface area contributed by atoms with E-state index in [0.717, 1.165) is 11.1 Å². The average Bonchev–Trinajstić information content (AvgIpc) is 3.07. The normalized spacial score (nSPS) is 13.0. The molecular weight excluding hydrogens is 346 g/mol. The van der Waals surface area contributed by atoms with E-state index in [2.05, 4.69) is 5.32 Å². The van der Waals surface area contributed by atoms with Gasteiger partial charge in [-0.1, -0.05) is 12.1 Å².